The summed E-state index contributed by atoms with van der Waals surface area (Å²) in [6.45, 7) is 2.06. The molecular formula is C14H16ClN2O2-. The van der Waals surface area contributed by atoms with Crippen LogP contribution in [0.5, 0.6) is 0 Å². The summed E-state index contributed by atoms with van der Waals surface area (Å²) in [6, 6.07) is 8.07. The average Bonchev–Trinajstić information content (AvgIpc) is 2.77. The topological polar surface area (TPSA) is 54.1 Å². The molecular weight excluding hydrogens is 264 g/mol. The molecule has 1 aliphatic heterocycles. The highest BCUT2D eigenvalue weighted by Gasteiger charge is 2.31. The van der Waals surface area contributed by atoms with Gasteiger partial charge in [-0.15, -0.1) is 0 Å². The summed E-state index contributed by atoms with van der Waals surface area (Å²) in [7, 11) is 1.43. The van der Waals surface area contributed by atoms with Gasteiger partial charge in [0.05, 0.1) is 7.11 Å². The number of methoxy groups -OCH3 is 1. The zero-order chi connectivity index (χ0) is 12.7. The summed E-state index contributed by atoms with van der Waals surface area (Å²) in [4.78, 5) is 15.1. The zero-order valence-corrected chi connectivity index (χ0v) is 11.6. The van der Waals surface area contributed by atoms with E-state index < -0.39 is 0 Å². The number of carbonyl (C=O) groups is 1. The minimum absolute atomic E-state index is 0. The maximum atomic E-state index is 11.7. The molecule has 1 aromatic carbocycles. The van der Waals surface area contributed by atoms with Crippen LogP contribution in [0.2, 0.25) is 0 Å². The molecule has 3 rings (SSSR count). The molecule has 102 valence electrons. The molecule has 2 aromatic rings. The summed E-state index contributed by atoms with van der Waals surface area (Å²) >= 11 is 0. The predicted octanol–water partition coefficient (Wildman–Crippen LogP) is -1.08. The number of nitrogens with one attached hydrogen (secondary N) is 2. The lowest BCUT2D eigenvalue weighted by Crippen LogP contribution is -3.00. The highest BCUT2D eigenvalue weighted by Crippen LogP contribution is 2.31. The third-order valence-corrected chi connectivity index (χ3v) is 3.62. The van der Waals surface area contributed by atoms with Crippen molar-refractivity contribution in [3.8, 4) is 0 Å². The molecule has 0 amide bonds. The van der Waals surface area contributed by atoms with Crippen LogP contribution in [-0.4, -0.2) is 24.1 Å². The Bertz CT molecular complexity index is 609. The summed E-state index contributed by atoms with van der Waals surface area (Å²) in [5.74, 6) is -0.196. The maximum Gasteiger partial charge on any atom is 0.323 e. The lowest BCUT2D eigenvalue weighted by atomic mass is 9.95. The van der Waals surface area contributed by atoms with Gasteiger partial charge in [-0.25, -0.2) is 0 Å². The molecule has 2 heterocycles. The monoisotopic (exact) mass is 279 g/mol. The smallest absolute Gasteiger partial charge is 0.323 e. The number of ether oxygens (including phenoxy) is 1. The van der Waals surface area contributed by atoms with Gasteiger partial charge >= 0.3 is 5.97 Å². The van der Waals surface area contributed by atoms with E-state index in [0.717, 1.165) is 5.52 Å². The maximum absolute atomic E-state index is 11.7. The minimum Gasteiger partial charge on any atom is -1.00 e. The number of benzene rings is 1. The van der Waals surface area contributed by atoms with Crippen molar-refractivity contribution in [3.05, 3.63) is 35.5 Å². The van der Waals surface area contributed by atoms with Gasteiger partial charge in [0.2, 0.25) is 0 Å². The fourth-order valence-corrected chi connectivity index (χ4v) is 2.75. The SMILES string of the molecule is COC(=O)C1Cc2c([nH]c3ccccc23)C(C)N1.[Cl-]. The molecule has 4 nitrogen and oxygen atoms in total. The van der Waals surface area contributed by atoms with E-state index in [2.05, 4.69) is 29.4 Å². The van der Waals surface area contributed by atoms with Crippen molar-refractivity contribution in [2.75, 3.05) is 7.11 Å². The summed E-state index contributed by atoms with van der Waals surface area (Å²) in [5.41, 5.74) is 3.53. The van der Waals surface area contributed by atoms with Crippen molar-refractivity contribution >= 4 is 16.9 Å². The molecule has 0 saturated carbocycles. The van der Waals surface area contributed by atoms with E-state index in [9.17, 15) is 4.79 Å². The van der Waals surface area contributed by atoms with E-state index in [4.69, 9.17) is 4.74 Å². The number of aromatic amines is 1. The van der Waals surface area contributed by atoms with Gasteiger partial charge in [0.1, 0.15) is 6.04 Å². The third-order valence-electron chi connectivity index (χ3n) is 3.62. The van der Waals surface area contributed by atoms with Crippen molar-refractivity contribution in [3.63, 3.8) is 0 Å². The van der Waals surface area contributed by atoms with Crippen LogP contribution < -0.4 is 17.7 Å². The molecule has 0 radical (unpaired) electrons. The van der Waals surface area contributed by atoms with Gasteiger partial charge in [0.25, 0.3) is 0 Å². The van der Waals surface area contributed by atoms with E-state index in [0.29, 0.717) is 6.42 Å². The molecule has 2 atom stereocenters. The molecule has 2 unspecified atom stereocenters. The first-order valence-electron chi connectivity index (χ1n) is 6.14. The number of carbonyl (C=O) groups excluding carboxylic acids is 1. The van der Waals surface area contributed by atoms with E-state index in [1.807, 2.05) is 12.1 Å². The molecule has 1 aromatic heterocycles. The summed E-state index contributed by atoms with van der Waals surface area (Å²) < 4.78 is 4.83. The second kappa shape index (κ2) is 5.23. The number of esters is 1. The van der Waals surface area contributed by atoms with Crippen LogP contribution in [0.25, 0.3) is 10.9 Å². The van der Waals surface area contributed by atoms with Crippen LogP contribution in [0.15, 0.2) is 24.3 Å². The molecule has 0 bridgehead atoms. The van der Waals surface area contributed by atoms with Crippen molar-refractivity contribution in [1.82, 2.24) is 10.3 Å². The third kappa shape index (κ3) is 2.22. The molecule has 0 spiro atoms. The Balaban J connectivity index is 0.00000133. The van der Waals surface area contributed by atoms with Crippen LogP contribution >= 0.6 is 0 Å². The molecule has 0 saturated heterocycles. The second-order valence-electron chi connectivity index (χ2n) is 4.73. The first-order valence-corrected chi connectivity index (χ1v) is 6.14. The standard InChI is InChI=1S/C14H16N2O2.ClH/c1-8-13-10(7-12(15-8)14(17)18-2)9-5-3-4-6-11(9)16-13;/h3-6,8,12,15-16H,7H2,1-2H3;1H/p-1. The van der Waals surface area contributed by atoms with Crippen LogP contribution in [0.1, 0.15) is 24.2 Å². The second-order valence-corrected chi connectivity index (χ2v) is 4.73. The van der Waals surface area contributed by atoms with Crippen LogP contribution in [0.4, 0.5) is 0 Å². The average molecular weight is 280 g/mol. The van der Waals surface area contributed by atoms with Crippen LogP contribution in [-0.2, 0) is 16.0 Å². The summed E-state index contributed by atoms with van der Waals surface area (Å²) in [5, 5.41) is 4.48. The molecule has 0 aliphatic carbocycles. The first-order chi connectivity index (χ1) is 8.70. The van der Waals surface area contributed by atoms with Crippen molar-refractivity contribution in [2.24, 2.45) is 0 Å². The van der Waals surface area contributed by atoms with Gasteiger partial charge in [-0.05, 0) is 18.6 Å². The molecule has 19 heavy (non-hydrogen) atoms. The number of hydrogen-bond donors (Lipinski definition) is 2. The van der Waals surface area contributed by atoms with E-state index in [1.54, 1.807) is 0 Å². The highest BCUT2D eigenvalue weighted by molar-refractivity contribution is 5.87. The Morgan fingerprint density at radius 2 is 2.11 bits per heavy atom. The number of halogens is 1. The fourth-order valence-electron chi connectivity index (χ4n) is 2.75. The largest absolute Gasteiger partial charge is 1.00 e. The molecule has 2 N–H and O–H groups in total. The Hall–Kier alpha value is -1.52. The number of fused-ring (bicyclic) bond motifs is 3. The van der Waals surface area contributed by atoms with E-state index in [-0.39, 0.29) is 30.5 Å². The number of H-pyrrole nitrogens is 1. The van der Waals surface area contributed by atoms with E-state index >= 15 is 0 Å². The van der Waals surface area contributed by atoms with Crippen molar-refractivity contribution in [1.29, 1.82) is 0 Å². The number of rotatable bonds is 1. The lowest BCUT2D eigenvalue weighted by molar-refractivity contribution is -0.143. The molecule has 1 aliphatic rings. The number of para-hydroxylation sites is 1. The Kier molecular flexibility index (Phi) is 3.83. The van der Waals surface area contributed by atoms with Gasteiger partial charge < -0.3 is 22.1 Å². The molecule has 0 fully saturated rings. The van der Waals surface area contributed by atoms with Gasteiger partial charge in [-0.3, -0.25) is 10.1 Å². The quantitative estimate of drug-likeness (QED) is 0.653. The van der Waals surface area contributed by atoms with Crippen LogP contribution in [0.3, 0.4) is 0 Å². The van der Waals surface area contributed by atoms with Gasteiger partial charge in [0.15, 0.2) is 0 Å². The predicted molar refractivity (Wildman–Crippen MR) is 69.4 cm³/mol. The minimum atomic E-state index is -0.253. The normalized spacial score (nSPS) is 21.6. The number of hydrogen-bond acceptors (Lipinski definition) is 3. The summed E-state index contributed by atoms with van der Waals surface area (Å²) in [6.07, 6.45) is 0.677. The zero-order valence-electron chi connectivity index (χ0n) is 10.9. The highest BCUT2D eigenvalue weighted by atomic mass is 35.5. The Morgan fingerprint density at radius 3 is 2.84 bits per heavy atom. The van der Waals surface area contributed by atoms with Gasteiger partial charge in [-0.1, -0.05) is 18.2 Å². The van der Waals surface area contributed by atoms with Crippen molar-refractivity contribution < 1.29 is 21.9 Å². The Morgan fingerprint density at radius 1 is 1.37 bits per heavy atom. The number of aromatic nitrogens is 1. The fraction of sp³-hybridized carbons (Fsp3) is 0.357. The van der Waals surface area contributed by atoms with Crippen LogP contribution in [0, 0.1) is 0 Å². The van der Waals surface area contributed by atoms with Gasteiger partial charge in [0, 0.05) is 29.1 Å². The lowest BCUT2D eigenvalue weighted by Gasteiger charge is -2.27. The first kappa shape index (κ1) is 13.9. The molecule has 5 heteroatoms. The van der Waals surface area contributed by atoms with Gasteiger partial charge in [-0.2, -0.15) is 0 Å². The van der Waals surface area contributed by atoms with E-state index in [1.165, 1.54) is 23.8 Å². The Labute approximate surface area is 117 Å². The van der Waals surface area contributed by atoms with Crippen molar-refractivity contribution in [2.45, 2.75) is 25.4 Å².